The van der Waals surface area contributed by atoms with Gasteiger partial charge in [0.1, 0.15) is 5.75 Å². The molecule has 6 nitrogen and oxygen atoms in total. The maximum atomic E-state index is 12.5. The van der Waals surface area contributed by atoms with Gasteiger partial charge in [-0.05, 0) is 54.7 Å². The van der Waals surface area contributed by atoms with Crippen LogP contribution >= 0.6 is 0 Å². The minimum Gasteiger partial charge on any atom is -0.508 e. The van der Waals surface area contributed by atoms with Gasteiger partial charge in [0.25, 0.3) is 0 Å². The molecule has 0 aliphatic carbocycles. The minimum atomic E-state index is -0.755. The Bertz CT molecular complexity index is 1070. The predicted octanol–water partition coefficient (Wildman–Crippen LogP) is 3.56. The van der Waals surface area contributed by atoms with Crippen molar-refractivity contribution in [3.8, 4) is 5.75 Å². The van der Waals surface area contributed by atoms with Crippen LogP contribution < -0.4 is 10.6 Å². The van der Waals surface area contributed by atoms with Crippen LogP contribution in [-0.4, -0.2) is 33.8 Å². The van der Waals surface area contributed by atoms with Gasteiger partial charge in [-0.25, -0.2) is 0 Å². The molecule has 6 heteroatoms. The van der Waals surface area contributed by atoms with Crippen molar-refractivity contribution in [2.75, 3.05) is 6.54 Å². The average molecular weight is 463 g/mol. The Hall–Kier alpha value is -3.19. The van der Waals surface area contributed by atoms with E-state index in [1.807, 2.05) is 62.4 Å². The van der Waals surface area contributed by atoms with E-state index in [9.17, 15) is 20.1 Å². The van der Waals surface area contributed by atoms with Gasteiger partial charge in [-0.3, -0.25) is 4.79 Å². The number of aliphatic hydroxyl groups excluding tert-OH is 2. The van der Waals surface area contributed by atoms with E-state index in [1.54, 1.807) is 12.1 Å². The van der Waals surface area contributed by atoms with Gasteiger partial charge in [-0.1, -0.05) is 60.7 Å². The van der Waals surface area contributed by atoms with Crippen molar-refractivity contribution >= 4 is 5.91 Å². The lowest BCUT2D eigenvalue weighted by Crippen LogP contribution is -2.32. The van der Waals surface area contributed by atoms with E-state index in [1.165, 1.54) is 6.07 Å². The van der Waals surface area contributed by atoms with Gasteiger partial charge in [0.2, 0.25) is 5.91 Å². The summed E-state index contributed by atoms with van der Waals surface area (Å²) in [6.07, 6.45) is 0.314. The first-order valence-electron chi connectivity index (χ1n) is 11.6. The smallest absolute Gasteiger partial charge is 0.224 e. The summed E-state index contributed by atoms with van der Waals surface area (Å²) in [4.78, 5) is 12.5. The first-order valence-corrected chi connectivity index (χ1v) is 11.6. The Morgan fingerprint density at radius 1 is 0.912 bits per heavy atom. The third-order valence-electron chi connectivity index (χ3n) is 5.89. The number of aliphatic hydroxyl groups is 2. The number of carbonyl (C=O) groups is 1. The minimum absolute atomic E-state index is 0.0149. The quantitative estimate of drug-likeness (QED) is 0.300. The number of rotatable bonds is 11. The molecule has 3 atom stereocenters. The third-order valence-corrected chi connectivity index (χ3v) is 5.89. The van der Waals surface area contributed by atoms with Gasteiger partial charge in [-0.2, -0.15) is 0 Å². The highest BCUT2D eigenvalue weighted by molar-refractivity contribution is 5.79. The van der Waals surface area contributed by atoms with Gasteiger partial charge in [0.05, 0.1) is 25.2 Å². The van der Waals surface area contributed by atoms with Crippen LogP contribution in [0.25, 0.3) is 0 Å². The van der Waals surface area contributed by atoms with Crippen LogP contribution in [0.4, 0.5) is 0 Å². The molecule has 180 valence electrons. The maximum Gasteiger partial charge on any atom is 0.224 e. The van der Waals surface area contributed by atoms with E-state index < -0.39 is 6.10 Å². The first-order chi connectivity index (χ1) is 16.4. The second-order valence-electron chi connectivity index (χ2n) is 8.77. The molecule has 5 N–H and O–H groups in total. The molecule has 0 bridgehead atoms. The fraction of sp³-hybridized carbons (Fsp3) is 0.321. The molecule has 0 aliphatic heterocycles. The molecule has 0 spiro atoms. The second-order valence-corrected chi connectivity index (χ2v) is 8.77. The zero-order valence-corrected chi connectivity index (χ0v) is 19.7. The van der Waals surface area contributed by atoms with Crippen molar-refractivity contribution in [3.63, 3.8) is 0 Å². The molecule has 3 aromatic carbocycles. The Labute approximate surface area is 201 Å². The monoisotopic (exact) mass is 462 g/mol. The van der Waals surface area contributed by atoms with Crippen LogP contribution in [-0.2, 0) is 24.2 Å². The summed E-state index contributed by atoms with van der Waals surface area (Å²) in [5, 5.41) is 35.8. The molecule has 34 heavy (non-hydrogen) atoms. The van der Waals surface area contributed by atoms with Gasteiger partial charge >= 0.3 is 0 Å². The molecule has 0 saturated carbocycles. The highest BCUT2D eigenvalue weighted by Crippen LogP contribution is 2.22. The van der Waals surface area contributed by atoms with Crippen LogP contribution in [0.3, 0.4) is 0 Å². The van der Waals surface area contributed by atoms with Crippen LogP contribution in [0.15, 0.2) is 72.8 Å². The summed E-state index contributed by atoms with van der Waals surface area (Å²) in [6, 6.07) is 22.7. The molecule has 0 aromatic heterocycles. The summed E-state index contributed by atoms with van der Waals surface area (Å²) in [7, 11) is 0. The predicted molar refractivity (Wildman–Crippen MR) is 133 cm³/mol. The number of hydrogen-bond acceptors (Lipinski definition) is 5. The van der Waals surface area contributed by atoms with Gasteiger partial charge in [0, 0.05) is 18.2 Å². The number of amides is 1. The largest absolute Gasteiger partial charge is 0.508 e. The number of aromatic hydroxyl groups is 1. The van der Waals surface area contributed by atoms with Crippen LogP contribution in [0, 0.1) is 0 Å². The fourth-order valence-corrected chi connectivity index (χ4v) is 3.97. The lowest BCUT2D eigenvalue weighted by Gasteiger charge is -2.19. The molecule has 0 fully saturated rings. The Morgan fingerprint density at radius 2 is 1.65 bits per heavy atom. The lowest BCUT2D eigenvalue weighted by atomic mass is 10.0. The summed E-state index contributed by atoms with van der Waals surface area (Å²) < 4.78 is 0. The molecular formula is C28H34N2O4. The molecule has 3 aromatic rings. The van der Waals surface area contributed by atoms with E-state index in [-0.39, 0.29) is 30.3 Å². The normalized spacial score (nSPS) is 13.8. The van der Waals surface area contributed by atoms with Crippen LogP contribution in [0.1, 0.15) is 53.8 Å². The number of carbonyl (C=O) groups excluding carboxylic acids is 1. The van der Waals surface area contributed by atoms with Crippen molar-refractivity contribution in [1.82, 2.24) is 10.6 Å². The Morgan fingerprint density at radius 3 is 2.38 bits per heavy atom. The van der Waals surface area contributed by atoms with Crippen molar-refractivity contribution in [1.29, 1.82) is 0 Å². The maximum absolute atomic E-state index is 12.5. The molecule has 0 radical (unpaired) electrons. The number of benzene rings is 3. The van der Waals surface area contributed by atoms with Crippen molar-refractivity contribution in [2.24, 2.45) is 0 Å². The number of hydrogen-bond donors (Lipinski definition) is 5. The highest BCUT2D eigenvalue weighted by atomic mass is 16.3. The van der Waals surface area contributed by atoms with E-state index in [4.69, 9.17) is 0 Å². The molecule has 1 unspecified atom stereocenters. The number of phenols is 1. The number of nitrogens with one attached hydrogen (secondary N) is 2. The molecule has 0 saturated heterocycles. The van der Waals surface area contributed by atoms with Gasteiger partial charge in [0.15, 0.2) is 0 Å². The highest BCUT2D eigenvalue weighted by Gasteiger charge is 2.13. The molecular weight excluding hydrogens is 428 g/mol. The van der Waals surface area contributed by atoms with Gasteiger partial charge in [-0.15, -0.1) is 0 Å². The van der Waals surface area contributed by atoms with E-state index in [2.05, 4.69) is 16.7 Å². The summed E-state index contributed by atoms with van der Waals surface area (Å²) in [5.41, 5.74) is 4.18. The van der Waals surface area contributed by atoms with Gasteiger partial charge < -0.3 is 26.0 Å². The Kier molecular flexibility index (Phi) is 9.22. The van der Waals surface area contributed by atoms with Crippen molar-refractivity contribution in [2.45, 2.75) is 51.5 Å². The topological polar surface area (TPSA) is 102 Å². The fourth-order valence-electron chi connectivity index (χ4n) is 3.97. The van der Waals surface area contributed by atoms with Crippen molar-refractivity contribution < 1.29 is 20.1 Å². The molecule has 0 aliphatic rings. The van der Waals surface area contributed by atoms with Crippen molar-refractivity contribution in [3.05, 3.63) is 101 Å². The zero-order chi connectivity index (χ0) is 24.5. The average Bonchev–Trinajstić information content (AvgIpc) is 2.83. The van der Waals surface area contributed by atoms with E-state index in [0.717, 1.165) is 23.1 Å². The van der Waals surface area contributed by atoms with Crippen LogP contribution in [0.2, 0.25) is 0 Å². The van der Waals surface area contributed by atoms with E-state index >= 15 is 0 Å². The van der Waals surface area contributed by atoms with Crippen LogP contribution in [0.5, 0.6) is 5.75 Å². The summed E-state index contributed by atoms with van der Waals surface area (Å²) in [5.74, 6) is 0.00168. The molecule has 3 rings (SSSR count). The summed E-state index contributed by atoms with van der Waals surface area (Å²) in [6.45, 7) is 4.09. The molecule has 1 amide bonds. The lowest BCUT2D eigenvalue weighted by molar-refractivity contribution is -0.121. The Balaban J connectivity index is 1.50. The second kappa shape index (κ2) is 12.3. The molecule has 0 heterocycles. The van der Waals surface area contributed by atoms with E-state index in [0.29, 0.717) is 24.1 Å². The third kappa shape index (κ3) is 7.42. The standard InChI is InChI=1S/C28H34N2O4/c1-19(29-17-27(33)24-11-12-26(32)25(16-24)18-31)13-21-7-6-8-22(14-21)15-28(34)30-20(2)23-9-4-3-5-10-23/h3-12,14,16,19-20,27,29,31-33H,13,15,17-18H2,1-2H3,(H,30,34)/t19?,20-,27+/m1/s1. The zero-order valence-electron chi connectivity index (χ0n) is 19.7. The first kappa shape index (κ1) is 25.4. The summed E-state index contributed by atoms with van der Waals surface area (Å²) >= 11 is 0. The SMILES string of the molecule is CC(Cc1cccc(CC(=O)N[C@H](C)c2ccccc2)c1)NC[C@H](O)c1ccc(O)c(CO)c1.